The molecule has 2 unspecified atom stereocenters. The fraction of sp³-hybridized carbons (Fsp3) is 0.441. The Morgan fingerprint density at radius 1 is 1.10 bits per heavy atom. The van der Waals surface area contributed by atoms with Crippen LogP contribution in [-0.2, 0) is 48.7 Å². The largest absolute Gasteiger partial charge is 0.394 e. The molecule has 2 aliphatic rings. The van der Waals surface area contributed by atoms with E-state index < -0.39 is 94.5 Å². The van der Waals surface area contributed by atoms with E-state index in [1.807, 2.05) is 6.07 Å². The van der Waals surface area contributed by atoms with Crippen LogP contribution in [0.5, 0.6) is 0 Å². The van der Waals surface area contributed by atoms with Gasteiger partial charge in [-0.15, -0.1) is 0 Å². The van der Waals surface area contributed by atoms with Crippen LogP contribution in [0.3, 0.4) is 0 Å². The van der Waals surface area contributed by atoms with Gasteiger partial charge < -0.3 is 38.4 Å². The molecule has 0 bridgehead atoms. The molecule has 2 aliphatic heterocycles. The number of hydrogen-bond acceptors (Lipinski definition) is 18. The third kappa shape index (κ3) is 9.75. The number of aliphatic hydroxyl groups is 1. The van der Waals surface area contributed by atoms with Crippen molar-refractivity contribution in [2.45, 2.75) is 69.7 Å². The molecule has 5 N–H and O–H groups in total. The minimum atomic E-state index is -3.95. The van der Waals surface area contributed by atoms with Gasteiger partial charge in [0.2, 0.25) is 11.9 Å². The third-order valence-corrected chi connectivity index (χ3v) is 12.3. The van der Waals surface area contributed by atoms with Gasteiger partial charge >= 0.3 is 15.0 Å². The highest BCUT2D eigenvalue weighted by atomic mass is 32.5. The first-order chi connectivity index (χ1) is 29.3. The number of nitrogens with one attached hydrogen (secondary N) is 3. The summed E-state index contributed by atoms with van der Waals surface area (Å²) < 4.78 is 65.9. The van der Waals surface area contributed by atoms with Crippen molar-refractivity contribution in [1.29, 1.82) is 5.26 Å². The Hall–Kier alpha value is -4.96. The van der Waals surface area contributed by atoms with Crippen LogP contribution in [0.15, 0.2) is 54.1 Å². The summed E-state index contributed by atoms with van der Waals surface area (Å²) >= 11 is 5.72. The molecule has 324 valence electrons. The van der Waals surface area contributed by atoms with E-state index in [1.54, 1.807) is 48.7 Å². The molecule has 0 spiro atoms. The van der Waals surface area contributed by atoms with Gasteiger partial charge in [-0.2, -0.15) is 10.2 Å². The lowest BCUT2D eigenvalue weighted by Gasteiger charge is -2.27. The van der Waals surface area contributed by atoms with E-state index in [0.29, 0.717) is 5.56 Å². The van der Waals surface area contributed by atoms with Crippen molar-refractivity contribution in [2.75, 3.05) is 30.5 Å². The number of benzene rings is 1. The van der Waals surface area contributed by atoms with Gasteiger partial charge in [-0.25, -0.2) is 24.3 Å². The smallest absolute Gasteiger partial charge is 0.327 e. The fourth-order valence-electron chi connectivity index (χ4n) is 6.43. The summed E-state index contributed by atoms with van der Waals surface area (Å²) in [6, 6.07) is 10.4. The van der Waals surface area contributed by atoms with Gasteiger partial charge in [-0.1, -0.05) is 32.0 Å². The molecular weight excluding hydrogens is 867 g/mol. The van der Waals surface area contributed by atoms with E-state index >= 15 is 4.39 Å². The van der Waals surface area contributed by atoms with E-state index in [0.717, 1.165) is 10.9 Å². The van der Waals surface area contributed by atoms with Crippen molar-refractivity contribution in [2.24, 2.45) is 5.92 Å². The molecular formula is C34H38FN11O12P2S. The van der Waals surface area contributed by atoms with Gasteiger partial charge in [0.05, 0.1) is 51.1 Å². The number of aromatic amines is 1. The van der Waals surface area contributed by atoms with E-state index in [-0.39, 0.29) is 53.5 Å². The molecule has 2 fully saturated rings. The monoisotopic (exact) mass is 905 g/mol. The Balaban J connectivity index is 1.09. The van der Waals surface area contributed by atoms with Crippen LogP contribution in [0, 0.1) is 17.2 Å². The average Bonchev–Trinajstić information content (AvgIpc) is 4.02. The minimum absolute atomic E-state index is 0.0314. The predicted molar refractivity (Wildman–Crippen MR) is 213 cm³/mol. The molecule has 0 saturated carbocycles. The van der Waals surface area contributed by atoms with Crippen molar-refractivity contribution < 1.29 is 56.1 Å². The third-order valence-electron chi connectivity index (χ3n) is 9.40. The van der Waals surface area contributed by atoms with Gasteiger partial charge in [0.1, 0.15) is 30.9 Å². The first-order valence-corrected chi connectivity index (χ1v) is 22.3. The summed E-state index contributed by atoms with van der Waals surface area (Å²) in [6.07, 6.45) is -6.22. The Morgan fingerprint density at radius 3 is 2.57 bits per heavy atom. The molecule has 2 saturated heterocycles. The highest BCUT2D eigenvalue weighted by molar-refractivity contribution is 8.07. The topological polar surface area (TPSA) is 302 Å². The van der Waals surface area contributed by atoms with Crippen molar-refractivity contribution in [1.82, 2.24) is 39.0 Å². The molecule has 1 aromatic carbocycles. The molecule has 7 rings (SSSR count). The molecule has 61 heavy (non-hydrogen) atoms. The second kappa shape index (κ2) is 19.0. The molecule has 6 heterocycles. The number of carbonyl (C=O) groups is 2. The zero-order valence-corrected chi connectivity index (χ0v) is 34.8. The highest BCUT2D eigenvalue weighted by Gasteiger charge is 2.50. The lowest BCUT2D eigenvalue weighted by molar-refractivity contribution is -0.118. The lowest BCUT2D eigenvalue weighted by Crippen LogP contribution is -2.32. The summed E-state index contributed by atoms with van der Waals surface area (Å²) in [5.41, 5.74) is -0.194. The average molecular weight is 906 g/mol. The number of halogens is 1. The molecule has 27 heteroatoms. The zero-order chi connectivity index (χ0) is 43.4. The number of nitriles is 1. The van der Waals surface area contributed by atoms with Crippen molar-refractivity contribution in [3.63, 3.8) is 0 Å². The number of aliphatic hydroxyl groups excluding tert-OH is 1. The normalized spacial score (nSPS) is 24.2. The van der Waals surface area contributed by atoms with Crippen LogP contribution >= 0.6 is 15.0 Å². The highest BCUT2D eigenvalue weighted by Crippen LogP contribution is 2.54. The number of fused-ring (bicyclic) bond motifs is 2. The number of imidazole rings is 2. The minimum Gasteiger partial charge on any atom is -0.394 e. The first kappa shape index (κ1) is 44.1. The molecule has 23 nitrogen and oxygen atoms in total. The van der Waals surface area contributed by atoms with Crippen molar-refractivity contribution >= 4 is 72.7 Å². The van der Waals surface area contributed by atoms with Crippen molar-refractivity contribution in [3.05, 3.63) is 65.2 Å². The number of rotatable bonds is 17. The van der Waals surface area contributed by atoms with Crippen LogP contribution in [0.2, 0.25) is 0 Å². The quantitative estimate of drug-likeness (QED) is 0.0662. The SMILES string of the molecule is CC(C)C(=O)Nc1nc2c(ncn2[C@@H]2O[C@H](COP(=S)(OCCC#N)O[C@H]3C[C@H](n4cnc5c(NC(=O)c6ccccc6)ncnc54)O[C@@H]3CO)[C@@H](F)[C@H]2O[PH](=O)O)c(=O)[nH]1. The molecule has 2 amide bonds. The predicted octanol–water partition coefficient (Wildman–Crippen LogP) is 2.65. The number of alkyl halides is 1. The maximum atomic E-state index is 16.2. The molecule has 5 aromatic rings. The molecule has 9 atom stereocenters. The second-order valence-corrected chi connectivity index (χ2v) is 17.5. The Morgan fingerprint density at radius 2 is 1.85 bits per heavy atom. The van der Waals surface area contributed by atoms with Crippen LogP contribution in [-0.4, -0.2) is 111 Å². The number of nitrogens with zero attached hydrogens (tertiary/aromatic N) is 8. The summed E-state index contributed by atoms with van der Waals surface area (Å²) in [7, 11) is -3.78. The van der Waals surface area contributed by atoms with Crippen LogP contribution in [0.25, 0.3) is 22.3 Å². The number of aromatic nitrogens is 8. The maximum absolute atomic E-state index is 16.2. The molecule has 0 aliphatic carbocycles. The summed E-state index contributed by atoms with van der Waals surface area (Å²) in [5.74, 6) is -1.44. The summed E-state index contributed by atoms with van der Waals surface area (Å²) in [6.45, 7) is -2.18. The number of amides is 2. The van der Waals surface area contributed by atoms with E-state index in [1.165, 1.54) is 12.7 Å². The van der Waals surface area contributed by atoms with E-state index in [9.17, 15) is 34.2 Å². The number of H-pyrrole nitrogens is 1. The van der Waals surface area contributed by atoms with Crippen LogP contribution in [0.4, 0.5) is 16.2 Å². The van der Waals surface area contributed by atoms with Crippen LogP contribution < -0.4 is 16.2 Å². The fourth-order valence-corrected chi connectivity index (χ4v) is 9.04. The van der Waals surface area contributed by atoms with E-state index in [2.05, 4.69) is 40.5 Å². The number of ether oxygens (including phenoxy) is 2. The number of hydrogen-bond donors (Lipinski definition) is 5. The van der Waals surface area contributed by atoms with Gasteiger partial charge in [-0.05, 0) is 23.9 Å². The Bertz CT molecular complexity index is 2580. The van der Waals surface area contributed by atoms with Gasteiger partial charge in [0, 0.05) is 17.9 Å². The zero-order valence-electron chi connectivity index (χ0n) is 32.1. The van der Waals surface area contributed by atoms with Crippen LogP contribution in [0.1, 0.15) is 49.5 Å². The maximum Gasteiger partial charge on any atom is 0.327 e. The Kier molecular flexibility index (Phi) is 13.7. The lowest BCUT2D eigenvalue weighted by atomic mass is 10.1. The standard InChI is InChI=1S/C34H38FN11O12P2S/c1-17(2)30(48)43-34-42-29-25(32(50)44-34)40-16-46(29)33-26(57-59(51)52)23(35)21(56-33)13-54-60(61,53-10-6-9-36)58-19-11-22(55-20(19)12-47)45-15-39-24-27(37-14-38-28(24)45)41-31(49)18-7-4-3-5-8-18/h3-5,7-8,14-17,19-23,26,33,47,59H,6,10-13H2,1-2H3,(H,51,52)(H,37,38,41,49)(H2,42,43,44,48,50)/t19-,20+,21+,22+,23+,26+,33+,60?/m0/s1. The molecule has 4 aromatic heterocycles. The van der Waals surface area contributed by atoms with Crippen molar-refractivity contribution in [3.8, 4) is 6.07 Å². The molecule has 0 radical (unpaired) electrons. The second-order valence-electron chi connectivity index (χ2n) is 13.8. The van der Waals surface area contributed by atoms with Gasteiger partial charge in [-0.3, -0.25) is 42.9 Å². The summed E-state index contributed by atoms with van der Waals surface area (Å²) in [5, 5.41) is 24.7. The van der Waals surface area contributed by atoms with Gasteiger partial charge in [0.25, 0.3) is 11.5 Å². The van der Waals surface area contributed by atoms with Gasteiger partial charge in [0.15, 0.2) is 40.5 Å². The number of carbonyl (C=O) groups excluding carboxylic acids is 2. The number of anilines is 2. The first-order valence-electron chi connectivity index (χ1n) is 18.5. The van der Waals surface area contributed by atoms with E-state index in [4.69, 9.17) is 39.4 Å². The summed E-state index contributed by atoms with van der Waals surface area (Å²) in [4.78, 5) is 71.3. The Labute approximate surface area is 349 Å².